The molecular weight excluding hydrogens is 381 g/mol. The molecule has 1 heterocycles. The van der Waals surface area contributed by atoms with Gasteiger partial charge in [0.15, 0.2) is 11.6 Å². The summed E-state index contributed by atoms with van der Waals surface area (Å²) in [6, 6.07) is 12.8. The Bertz CT molecular complexity index is 905. The van der Waals surface area contributed by atoms with Gasteiger partial charge in [-0.1, -0.05) is 55.9 Å². The maximum absolute atomic E-state index is 14.4. The van der Waals surface area contributed by atoms with Gasteiger partial charge in [-0.15, -0.1) is 11.8 Å². The van der Waals surface area contributed by atoms with Crippen LogP contribution in [-0.4, -0.2) is 16.5 Å². The van der Waals surface area contributed by atoms with E-state index in [9.17, 15) is 9.18 Å². The molecule has 0 saturated carbocycles. The van der Waals surface area contributed by atoms with E-state index in [-0.39, 0.29) is 11.7 Å². The number of ether oxygens (including phenoxy) is 1. The van der Waals surface area contributed by atoms with Gasteiger partial charge in [-0.25, -0.2) is 4.39 Å². The van der Waals surface area contributed by atoms with Crippen molar-refractivity contribution >= 4 is 39.9 Å². The third-order valence-corrected chi connectivity index (χ3v) is 6.04. The number of aliphatic imine (C=N–C) groups is 1. The largest absolute Gasteiger partial charge is 0.486 e. The predicted octanol–water partition coefficient (Wildman–Crippen LogP) is 5.86. The number of rotatable bonds is 5. The molecule has 3 rings (SSSR count). The van der Waals surface area contributed by atoms with Crippen LogP contribution in [0.2, 0.25) is 0 Å². The summed E-state index contributed by atoms with van der Waals surface area (Å²) in [7, 11) is 0. The molecule has 0 aromatic heterocycles. The molecule has 2 aromatic rings. The number of hydrogen-bond donors (Lipinski definition) is 0. The highest BCUT2D eigenvalue weighted by molar-refractivity contribution is 8.40. The van der Waals surface area contributed by atoms with Crippen molar-refractivity contribution in [3.63, 3.8) is 0 Å². The summed E-state index contributed by atoms with van der Waals surface area (Å²) in [5, 5.41) is 0. The van der Waals surface area contributed by atoms with Crippen molar-refractivity contribution in [2.24, 2.45) is 4.99 Å². The molecule has 3 nitrogen and oxygen atoms in total. The second-order valence-corrected chi connectivity index (χ2v) is 8.46. The van der Waals surface area contributed by atoms with Crippen molar-refractivity contribution in [3.8, 4) is 5.75 Å². The number of amides is 1. The molecule has 1 aliphatic rings. The number of halogens is 1. The molecule has 1 aliphatic heterocycles. The zero-order valence-electron chi connectivity index (χ0n) is 15.4. The Morgan fingerprint density at radius 2 is 1.96 bits per heavy atom. The summed E-state index contributed by atoms with van der Waals surface area (Å²) in [6.45, 7) is 4.59. The number of benzene rings is 2. The molecular formula is C21H20FNO2S2. The van der Waals surface area contributed by atoms with Gasteiger partial charge in [-0.3, -0.25) is 4.79 Å². The summed E-state index contributed by atoms with van der Waals surface area (Å²) in [5.74, 6) is -0.0718. The van der Waals surface area contributed by atoms with Crippen LogP contribution in [0.1, 0.15) is 36.5 Å². The molecule has 0 saturated heterocycles. The number of hydrogen-bond acceptors (Lipinski definition) is 4. The Labute approximate surface area is 167 Å². The van der Waals surface area contributed by atoms with Crippen LogP contribution in [0.3, 0.4) is 0 Å². The Morgan fingerprint density at radius 1 is 1.22 bits per heavy atom. The Balaban J connectivity index is 1.66. The highest BCUT2D eigenvalue weighted by Gasteiger charge is 2.21. The molecule has 0 atom stereocenters. The first-order valence-corrected chi connectivity index (χ1v) is 10.6. The first kappa shape index (κ1) is 19.7. The van der Waals surface area contributed by atoms with Crippen LogP contribution in [0.25, 0.3) is 6.08 Å². The zero-order valence-corrected chi connectivity index (χ0v) is 17.0. The third-order valence-electron chi connectivity index (χ3n) is 4.07. The molecule has 0 aliphatic carbocycles. The van der Waals surface area contributed by atoms with Crippen molar-refractivity contribution < 1.29 is 13.9 Å². The van der Waals surface area contributed by atoms with Gasteiger partial charge in [0.25, 0.3) is 5.91 Å². The maximum atomic E-state index is 14.4. The normalized spacial score (nSPS) is 15.5. The molecule has 0 unspecified atom stereocenters. The highest BCUT2D eigenvalue weighted by atomic mass is 32.2. The fourth-order valence-corrected chi connectivity index (χ4v) is 3.93. The van der Waals surface area contributed by atoms with Crippen molar-refractivity contribution in [1.29, 1.82) is 0 Å². The van der Waals surface area contributed by atoms with Crippen LogP contribution < -0.4 is 4.74 Å². The maximum Gasteiger partial charge on any atom is 0.285 e. The molecule has 0 fully saturated rings. The molecule has 0 radical (unpaired) electrons. The second kappa shape index (κ2) is 8.76. The summed E-state index contributed by atoms with van der Waals surface area (Å²) in [6.07, 6.45) is 3.52. The van der Waals surface area contributed by atoms with Crippen LogP contribution in [0, 0.1) is 5.82 Å². The number of carbonyl (C=O) groups is 1. The van der Waals surface area contributed by atoms with Crippen LogP contribution >= 0.6 is 23.5 Å². The standard InChI is InChI=1S/C21H20FNO2S2/c1-13(2)16-7-4-14(5-8-16)12-25-18-9-6-15(10-17(18)22)11-19-20(24)23-21(26-3)27-19/h4-11,13H,12H2,1-3H3. The quantitative estimate of drug-likeness (QED) is 0.588. The lowest BCUT2D eigenvalue weighted by Gasteiger charge is -2.10. The molecule has 0 N–H and O–H groups in total. The first-order valence-electron chi connectivity index (χ1n) is 8.54. The van der Waals surface area contributed by atoms with E-state index in [2.05, 4.69) is 31.0 Å². The SMILES string of the molecule is CSC1=NC(=O)C(=Cc2ccc(OCc3ccc(C(C)C)cc3)c(F)c2)S1. The van der Waals surface area contributed by atoms with Gasteiger partial charge in [0.2, 0.25) is 0 Å². The fraction of sp³-hybridized carbons (Fsp3) is 0.238. The van der Waals surface area contributed by atoms with E-state index in [0.29, 0.717) is 27.4 Å². The minimum atomic E-state index is -0.454. The van der Waals surface area contributed by atoms with E-state index in [0.717, 1.165) is 5.56 Å². The average molecular weight is 402 g/mol. The molecule has 27 heavy (non-hydrogen) atoms. The van der Waals surface area contributed by atoms with E-state index in [1.807, 2.05) is 18.4 Å². The van der Waals surface area contributed by atoms with E-state index >= 15 is 0 Å². The van der Waals surface area contributed by atoms with Crippen LogP contribution in [0.15, 0.2) is 52.4 Å². The molecule has 2 aromatic carbocycles. The van der Waals surface area contributed by atoms with Gasteiger partial charge in [-0.05, 0) is 47.1 Å². The first-order chi connectivity index (χ1) is 13.0. The van der Waals surface area contributed by atoms with E-state index in [1.54, 1.807) is 18.2 Å². The molecule has 140 valence electrons. The van der Waals surface area contributed by atoms with E-state index in [1.165, 1.54) is 35.2 Å². The molecule has 1 amide bonds. The van der Waals surface area contributed by atoms with Crippen molar-refractivity contribution in [3.05, 3.63) is 69.9 Å². The van der Waals surface area contributed by atoms with Crippen LogP contribution in [0.4, 0.5) is 4.39 Å². The lowest BCUT2D eigenvalue weighted by atomic mass is 10.0. The summed E-state index contributed by atoms with van der Waals surface area (Å²) in [4.78, 5) is 16.2. The predicted molar refractivity (Wildman–Crippen MR) is 113 cm³/mol. The highest BCUT2D eigenvalue weighted by Crippen LogP contribution is 2.33. The summed E-state index contributed by atoms with van der Waals surface area (Å²) in [5.41, 5.74) is 2.85. The van der Waals surface area contributed by atoms with E-state index < -0.39 is 5.82 Å². The van der Waals surface area contributed by atoms with Gasteiger partial charge in [0.1, 0.15) is 11.0 Å². The minimum Gasteiger partial charge on any atom is -0.486 e. The average Bonchev–Trinajstić information content (AvgIpc) is 3.01. The van der Waals surface area contributed by atoms with Gasteiger partial charge < -0.3 is 4.74 Å². The van der Waals surface area contributed by atoms with Crippen LogP contribution in [0.5, 0.6) is 5.75 Å². The molecule has 0 bridgehead atoms. The zero-order chi connectivity index (χ0) is 19.4. The van der Waals surface area contributed by atoms with Crippen molar-refractivity contribution in [1.82, 2.24) is 0 Å². The van der Waals surface area contributed by atoms with Gasteiger partial charge in [-0.2, -0.15) is 4.99 Å². The third kappa shape index (κ3) is 5.02. The van der Waals surface area contributed by atoms with E-state index in [4.69, 9.17) is 4.74 Å². The van der Waals surface area contributed by atoms with Crippen molar-refractivity contribution in [2.75, 3.05) is 6.26 Å². The number of carbonyl (C=O) groups excluding carboxylic acids is 1. The molecule has 0 spiro atoms. The Hall–Kier alpha value is -2.05. The summed E-state index contributed by atoms with van der Waals surface area (Å²) < 4.78 is 20.7. The lowest BCUT2D eigenvalue weighted by Crippen LogP contribution is -1.98. The van der Waals surface area contributed by atoms with Crippen LogP contribution in [-0.2, 0) is 11.4 Å². The molecule has 6 heteroatoms. The number of thioether (sulfide) groups is 2. The van der Waals surface area contributed by atoms with Gasteiger partial charge >= 0.3 is 0 Å². The minimum absolute atomic E-state index is 0.191. The fourth-order valence-electron chi connectivity index (χ4n) is 2.51. The van der Waals surface area contributed by atoms with Crippen molar-refractivity contribution in [2.45, 2.75) is 26.4 Å². The Morgan fingerprint density at radius 3 is 2.56 bits per heavy atom. The number of nitrogens with zero attached hydrogens (tertiary/aromatic N) is 1. The topological polar surface area (TPSA) is 38.7 Å². The Kier molecular flexibility index (Phi) is 6.39. The van der Waals surface area contributed by atoms with Gasteiger partial charge in [0.05, 0.1) is 4.91 Å². The monoisotopic (exact) mass is 401 g/mol. The van der Waals surface area contributed by atoms with Gasteiger partial charge in [0, 0.05) is 0 Å². The summed E-state index contributed by atoms with van der Waals surface area (Å²) >= 11 is 2.73. The smallest absolute Gasteiger partial charge is 0.285 e. The lowest BCUT2D eigenvalue weighted by molar-refractivity contribution is -0.113. The second-order valence-electron chi connectivity index (χ2n) is 6.37.